The minimum Gasteiger partial charge on any atom is -0.352 e. The van der Waals surface area contributed by atoms with E-state index in [1.807, 2.05) is 35.0 Å². The van der Waals surface area contributed by atoms with Crippen LogP contribution in [0, 0.1) is 0 Å². The van der Waals surface area contributed by atoms with Gasteiger partial charge in [0, 0.05) is 31.6 Å². The molecule has 1 aliphatic heterocycles. The van der Waals surface area contributed by atoms with Gasteiger partial charge in [-0.05, 0) is 31.3 Å². The minimum absolute atomic E-state index is 0.714. The van der Waals surface area contributed by atoms with E-state index in [1.165, 1.54) is 5.39 Å². The van der Waals surface area contributed by atoms with Crippen LogP contribution >= 0.6 is 11.6 Å². The fourth-order valence-electron chi connectivity index (χ4n) is 3.11. The lowest BCUT2D eigenvalue weighted by Crippen LogP contribution is -2.44. The SMILES string of the molecule is CN1CCN(c2nn(-c3ccccc3Cl)c3ccccc23)CC1. The number of piperazine rings is 1. The first kappa shape index (κ1) is 14.5. The summed E-state index contributed by atoms with van der Waals surface area (Å²) >= 11 is 6.39. The normalized spacial score (nSPS) is 16.2. The summed E-state index contributed by atoms with van der Waals surface area (Å²) in [5.41, 5.74) is 2.01. The number of nitrogens with zero attached hydrogens (tertiary/aromatic N) is 4. The first-order chi connectivity index (χ1) is 11.2. The van der Waals surface area contributed by atoms with Crippen LogP contribution in [-0.2, 0) is 0 Å². The number of fused-ring (bicyclic) bond motifs is 1. The van der Waals surface area contributed by atoms with Crippen molar-refractivity contribution in [3.63, 3.8) is 0 Å². The van der Waals surface area contributed by atoms with Crippen LogP contribution in [0.15, 0.2) is 48.5 Å². The summed E-state index contributed by atoms with van der Waals surface area (Å²) in [4.78, 5) is 4.72. The molecule has 0 N–H and O–H groups in total. The smallest absolute Gasteiger partial charge is 0.159 e. The number of hydrogen-bond acceptors (Lipinski definition) is 3. The van der Waals surface area contributed by atoms with E-state index in [-0.39, 0.29) is 0 Å². The molecule has 0 saturated carbocycles. The second-order valence-corrected chi connectivity index (χ2v) is 6.40. The molecule has 0 bridgehead atoms. The van der Waals surface area contributed by atoms with Crippen molar-refractivity contribution in [1.29, 1.82) is 0 Å². The molecule has 2 aromatic carbocycles. The van der Waals surface area contributed by atoms with E-state index in [2.05, 4.69) is 35.0 Å². The highest BCUT2D eigenvalue weighted by Gasteiger charge is 2.21. The molecule has 0 unspecified atom stereocenters. The van der Waals surface area contributed by atoms with Crippen LogP contribution < -0.4 is 4.90 Å². The molecule has 1 fully saturated rings. The average Bonchev–Trinajstić information content (AvgIpc) is 2.96. The molecule has 0 aliphatic carbocycles. The Morgan fingerprint density at radius 1 is 0.913 bits per heavy atom. The molecule has 23 heavy (non-hydrogen) atoms. The van der Waals surface area contributed by atoms with Gasteiger partial charge in [-0.15, -0.1) is 5.10 Å². The van der Waals surface area contributed by atoms with E-state index in [1.54, 1.807) is 0 Å². The van der Waals surface area contributed by atoms with Crippen LogP contribution in [0.4, 0.5) is 5.82 Å². The van der Waals surface area contributed by atoms with E-state index in [9.17, 15) is 0 Å². The minimum atomic E-state index is 0.714. The van der Waals surface area contributed by atoms with Gasteiger partial charge in [-0.1, -0.05) is 35.9 Å². The van der Waals surface area contributed by atoms with Crippen molar-refractivity contribution in [2.24, 2.45) is 0 Å². The van der Waals surface area contributed by atoms with Gasteiger partial charge >= 0.3 is 0 Å². The Kier molecular flexibility index (Phi) is 3.71. The maximum atomic E-state index is 6.39. The summed E-state index contributed by atoms with van der Waals surface area (Å²) in [5.74, 6) is 1.05. The molecule has 0 radical (unpaired) electrons. The number of aromatic nitrogens is 2. The molecule has 0 atom stereocenters. The average molecular weight is 327 g/mol. The molecule has 118 valence electrons. The number of benzene rings is 2. The molecule has 0 amide bonds. The van der Waals surface area contributed by atoms with Crippen molar-refractivity contribution in [1.82, 2.24) is 14.7 Å². The zero-order valence-corrected chi connectivity index (χ0v) is 13.9. The molecule has 2 heterocycles. The van der Waals surface area contributed by atoms with Crippen molar-refractivity contribution in [2.45, 2.75) is 0 Å². The third kappa shape index (κ3) is 2.58. The Bertz CT molecular complexity index is 834. The van der Waals surface area contributed by atoms with E-state index in [0.29, 0.717) is 5.02 Å². The van der Waals surface area contributed by atoms with Gasteiger partial charge in [0.2, 0.25) is 0 Å². The first-order valence-corrected chi connectivity index (χ1v) is 8.28. The van der Waals surface area contributed by atoms with Crippen LogP contribution in [-0.4, -0.2) is 47.9 Å². The second-order valence-electron chi connectivity index (χ2n) is 5.99. The molecule has 0 spiro atoms. The van der Waals surface area contributed by atoms with Crippen LogP contribution in [0.5, 0.6) is 0 Å². The fraction of sp³-hybridized carbons (Fsp3) is 0.278. The molecular weight excluding hydrogens is 308 g/mol. The number of hydrogen-bond donors (Lipinski definition) is 0. The van der Waals surface area contributed by atoms with Gasteiger partial charge in [-0.3, -0.25) is 0 Å². The summed E-state index contributed by atoms with van der Waals surface area (Å²) in [6, 6.07) is 16.2. The molecule has 4 rings (SSSR count). The molecular formula is C18H19ClN4. The molecule has 1 aliphatic rings. The third-order valence-corrected chi connectivity index (χ3v) is 4.77. The van der Waals surface area contributed by atoms with Crippen LogP contribution in [0.2, 0.25) is 5.02 Å². The number of halogens is 1. The van der Waals surface area contributed by atoms with E-state index < -0.39 is 0 Å². The summed E-state index contributed by atoms with van der Waals surface area (Å²) < 4.78 is 1.96. The lowest BCUT2D eigenvalue weighted by atomic mass is 10.2. The van der Waals surface area contributed by atoms with Gasteiger partial charge in [0.25, 0.3) is 0 Å². The Morgan fingerprint density at radius 2 is 1.61 bits per heavy atom. The first-order valence-electron chi connectivity index (χ1n) is 7.90. The highest BCUT2D eigenvalue weighted by atomic mass is 35.5. The zero-order chi connectivity index (χ0) is 15.8. The largest absolute Gasteiger partial charge is 0.352 e. The van der Waals surface area contributed by atoms with Crippen LogP contribution in [0.3, 0.4) is 0 Å². The maximum Gasteiger partial charge on any atom is 0.159 e. The Balaban J connectivity index is 1.85. The number of para-hydroxylation sites is 2. The molecule has 3 aromatic rings. The number of likely N-dealkylation sites (N-methyl/N-ethyl adjacent to an activating group) is 1. The summed E-state index contributed by atoms with van der Waals surface area (Å²) in [6.45, 7) is 4.13. The van der Waals surface area contributed by atoms with Gasteiger partial charge in [0.15, 0.2) is 5.82 Å². The van der Waals surface area contributed by atoms with Crippen molar-refractivity contribution >= 4 is 28.3 Å². The van der Waals surface area contributed by atoms with Gasteiger partial charge < -0.3 is 9.80 Å². The monoisotopic (exact) mass is 326 g/mol. The molecule has 4 nitrogen and oxygen atoms in total. The van der Waals surface area contributed by atoms with Crippen LogP contribution in [0.25, 0.3) is 16.6 Å². The molecule has 1 saturated heterocycles. The Labute approximate surface area is 140 Å². The van der Waals surface area contributed by atoms with Gasteiger partial charge in [-0.25, -0.2) is 4.68 Å². The van der Waals surface area contributed by atoms with Crippen molar-refractivity contribution in [3.8, 4) is 5.69 Å². The standard InChI is InChI=1S/C18H19ClN4/c1-21-10-12-22(13-11-21)18-14-6-2-4-8-16(14)23(20-18)17-9-5-3-7-15(17)19/h2-9H,10-13H2,1H3. The van der Waals surface area contributed by atoms with E-state index >= 15 is 0 Å². The predicted molar refractivity (Wildman–Crippen MR) is 95.8 cm³/mol. The topological polar surface area (TPSA) is 24.3 Å². The number of rotatable bonds is 2. The van der Waals surface area contributed by atoms with Crippen LogP contribution in [0.1, 0.15) is 0 Å². The zero-order valence-electron chi connectivity index (χ0n) is 13.1. The lowest BCUT2D eigenvalue weighted by molar-refractivity contribution is 0.312. The third-order valence-electron chi connectivity index (χ3n) is 4.45. The highest BCUT2D eigenvalue weighted by molar-refractivity contribution is 6.32. The maximum absolute atomic E-state index is 6.39. The summed E-state index contributed by atoms with van der Waals surface area (Å²) in [7, 11) is 2.16. The Morgan fingerprint density at radius 3 is 2.39 bits per heavy atom. The Hall–Kier alpha value is -2.04. The molecule has 1 aromatic heterocycles. The predicted octanol–water partition coefficient (Wildman–Crippen LogP) is 3.43. The number of anilines is 1. The fourth-order valence-corrected chi connectivity index (χ4v) is 3.32. The van der Waals surface area contributed by atoms with Crippen molar-refractivity contribution in [3.05, 3.63) is 53.6 Å². The quantitative estimate of drug-likeness (QED) is 0.721. The molecule has 5 heteroatoms. The van der Waals surface area contributed by atoms with E-state index in [0.717, 1.165) is 43.2 Å². The lowest BCUT2D eigenvalue weighted by Gasteiger charge is -2.32. The van der Waals surface area contributed by atoms with Crippen molar-refractivity contribution < 1.29 is 0 Å². The second kappa shape index (κ2) is 5.87. The summed E-state index contributed by atoms with van der Waals surface area (Å²) in [5, 5.41) is 6.80. The highest BCUT2D eigenvalue weighted by Crippen LogP contribution is 2.31. The summed E-state index contributed by atoms with van der Waals surface area (Å²) in [6.07, 6.45) is 0. The van der Waals surface area contributed by atoms with Gasteiger partial charge in [0.05, 0.1) is 16.2 Å². The van der Waals surface area contributed by atoms with E-state index in [4.69, 9.17) is 16.7 Å². The van der Waals surface area contributed by atoms with Gasteiger partial charge in [-0.2, -0.15) is 0 Å². The van der Waals surface area contributed by atoms with Crippen molar-refractivity contribution in [2.75, 3.05) is 38.1 Å². The van der Waals surface area contributed by atoms with Gasteiger partial charge in [0.1, 0.15) is 0 Å².